The van der Waals surface area contributed by atoms with Crippen LogP contribution in [0.2, 0.25) is 0 Å². The smallest absolute Gasteiger partial charge is 0.229 e. The Balaban J connectivity index is 1.67. The molecule has 1 aliphatic rings. The summed E-state index contributed by atoms with van der Waals surface area (Å²) < 4.78 is 34.0. The summed E-state index contributed by atoms with van der Waals surface area (Å²) in [5.74, 6) is 1.27. The number of ether oxygens (including phenoxy) is 1. The van der Waals surface area contributed by atoms with Crippen LogP contribution in [-0.2, 0) is 10.0 Å². The van der Waals surface area contributed by atoms with E-state index in [1.165, 1.54) is 7.11 Å². The number of nitrogens with zero attached hydrogens (tertiary/aromatic N) is 4. The number of thiocarbonyl (C=S) groups is 1. The number of hydrogen-bond donors (Lipinski definition) is 2. The van der Waals surface area contributed by atoms with E-state index in [9.17, 15) is 8.42 Å². The molecule has 3 aromatic heterocycles. The molecule has 0 radical (unpaired) electrons. The lowest BCUT2D eigenvalue weighted by Gasteiger charge is -2.29. The van der Waals surface area contributed by atoms with Crippen molar-refractivity contribution in [3.8, 4) is 11.6 Å². The molecule has 0 saturated carbocycles. The summed E-state index contributed by atoms with van der Waals surface area (Å²) in [5.41, 5.74) is 6.19. The van der Waals surface area contributed by atoms with E-state index in [4.69, 9.17) is 17.0 Å². The molecule has 2 N–H and O–H groups in total. The average Bonchev–Trinajstić information content (AvgIpc) is 3.39. The van der Waals surface area contributed by atoms with Gasteiger partial charge in [-0.25, -0.2) is 13.4 Å². The highest BCUT2D eigenvalue weighted by molar-refractivity contribution is 7.92. The first-order valence-electron chi connectivity index (χ1n) is 12.4. The van der Waals surface area contributed by atoms with E-state index < -0.39 is 10.0 Å². The third-order valence-electron chi connectivity index (χ3n) is 6.84. The molecule has 1 saturated heterocycles. The third kappa shape index (κ3) is 5.07. The lowest BCUT2D eigenvalue weighted by molar-refractivity contribution is 0.417. The largest absolute Gasteiger partial charge is 0.494 e. The molecule has 0 bridgehead atoms. The van der Waals surface area contributed by atoms with Crippen LogP contribution in [0.15, 0.2) is 67.0 Å². The van der Waals surface area contributed by atoms with Gasteiger partial charge in [0.2, 0.25) is 10.0 Å². The number of rotatable bonds is 7. The molecule has 0 amide bonds. The van der Waals surface area contributed by atoms with Crippen LogP contribution in [0.1, 0.15) is 40.3 Å². The molecule has 0 unspecified atom stereocenters. The minimum Gasteiger partial charge on any atom is -0.494 e. The molecule has 1 aromatic carbocycles. The molecule has 5 rings (SSSR count). The maximum absolute atomic E-state index is 11.9. The fourth-order valence-corrected chi connectivity index (χ4v) is 6.10. The molecule has 2 atom stereocenters. The topological polar surface area (TPSA) is 101 Å². The monoisotopic (exact) mass is 562 g/mol. The Bertz CT molecular complexity index is 1650. The van der Waals surface area contributed by atoms with Gasteiger partial charge in [0.15, 0.2) is 5.11 Å². The number of methoxy groups -OCH3 is 1. The zero-order chi connectivity index (χ0) is 27.9. The SMILES string of the molecule is COc1cc(N2C(=S)N[C@@H](c3ccccn3)[C@H]2c2cc(C)n(-c3ncccc3C)c2C)ccc1NS(C)(=O)=O. The van der Waals surface area contributed by atoms with E-state index in [1.807, 2.05) is 35.2 Å². The molecule has 0 aliphatic carbocycles. The van der Waals surface area contributed by atoms with Gasteiger partial charge >= 0.3 is 0 Å². The normalized spacial score (nSPS) is 17.3. The van der Waals surface area contributed by atoms with Crippen molar-refractivity contribution in [1.82, 2.24) is 19.9 Å². The predicted octanol–water partition coefficient (Wildman–Crippen LogP) is 4.75. The van der Waals surface area contributed by atoms with Crippen LogP contribution in [0.3, 0.4) is 0 Å². The van der Waals surface area contributed by atoms with Gasteiger partial charge in [-0.15, -0.1) is 0 Å². The number of aromatic nitrogens is 3. The lowest BCUT2D eigenvalue weighted by atomic mass is 9.96. The van der Waals surface area contributed by atoms with Crippen LogP contribution in [-0.4, -0.2) is 41.4 Å². The van der Waals surface area contributed by atoms with Gasteiger partial charge in [-0.2, -0.15) is 0 Å². The Hall–Kier alpha value is -3.96. The van der Waals surface area contributed by atoms with E-state index >= 15 is 0 Å². The number of benzene rings is 1. The molecular formula is C28H30N6O3S2. The van der Waals surface area contributed by atoms with Gasteiger partial charge in [-0.1, -0.05) is 12.1 Å². The highest BCUT2D eigenvalue weighted by Gasteiger charge is 2.42. The van der Waals surface area contributed by atoms with Crippen molar-refractivity contribution in [1.29, 1.82) is 0 Å². The van der Waals surface area contributed by atoms with Crippen LogP contribution >= 0.6 is 12.2 Å². The van der Waals surface area contributed by atoms with Crippen molar-refractivity contribution in [3.05, 3.63) is 95.2 Å². The summed E-state index contributed by atoms with van der Waals surface area (Å²) in [5, 5.41) is 4.01. The summed E-state index contributed by atoms with van der Waals surface area (Å²) in [6.07, 6.45) is 4.68. The number of sulfonamides is 1. The van der Waals surface area contributed by atoms with E-state index in [0.29, 0.717) is 16.5 Å². The Morgan fingerprint density at radius 1 is 1.03 bits per heavy atom. The van der Waals surface area contributed by atoms with Crippen LogP contribution in [0.25, 0.3) is 5.82 Å². The Kier molecular flexibility index (Phi) is 7.04. The third-order valence-corrected chi connectivity index (χ3v) is 7.74. The molecule has 39 heavy (non-hydrogen) atoms. The summed E-state index contributed by atoms with van der Waals surface area (Å²) >= 11 is 5.89. The Morgan fingerprint density at radius 2 is 1.79 bits per heavy atom. The minimum absolute atomic E-state index is 0.239. The highest BCUT2D eigenvalue weighted by Crippen LogP contribution is 2.45. The molecule has 202 valence electrons. The van der Waals surface area contributed by atoms with E-state index in [1.54, 1.807) is 24.5 Å². The first kappa shape index (κ1) is 26.6. The first-order chi connectivity index (χ1) is 18.6. The van der Waals surface area contributed by atoms with Gasteiger partial charge in [0, 0.05) is 35.5 Å². The fourth-order valence-electron chi connectivity index (χ4n) is 5.19. The quantitative estimate of drug-likeness (QED) is 0.311. The van der Waals surface area contributed by atoms with E-state index in [-0.39, 0.29) is 12.1 Å². The van der Waals surface area contributed by atoms with Gasteiger partial charge in [0.25, 0.3) is 0 Å². The summed E-state index contributed by atoms with van der Waals surface area (Å²) in [6.45, 7) is 6.21. The van der Waals surface area contributed by atoms with E-state index in [2.05, 4.69) is 57.5 Å². The van der Waals surface area contributed by atoms with Gasteiger partial charge in [-0.3, -0.25) is 9.71 Å². The van der Waals surface area contributed by atoms with Crippen molar-refractivity contribution in [3.63, 3.8) is 0 Å². The molecule has 11 heteroatoms. The zero-order valence-electron chi connectivity index (χ0n) is 22.3. The van der Waals surface area contributed by atoms with Crippen molar-refractivity contribution < 1.29 is 13.2 Å². The van der Waals surface area contributed by atoms with Crippen LogP contribution in [0.5, 0.6) is 5.75 Å². The zero-order valence-corrected chi connectivity index (χ0v) is 24.0. The molecule has 4 heterocycles. The number of pyridine rings is 2. The van der Waals surface area contributed by atoms with E-state index in [0.717, 1.165) is 46.0 Å². The second-order valence-electron chi connectivity index (χ2n) is 9.56. The van der Waals surface area contributed by atoms with Gasteiger partial charge in [-0.05, 0) is 80.5 Å². The van der Waals surface area contributed by atoms with Crippen LogP contribution in [0.4, 0.5) is 11.4 Å². The van der Waals surface area contributed by atoms with Crippen molar-refractivity contribution >= 4 is 38.7 Å². The number of aryl methyl sites for hydroxylation is 2. The van der Waals surface area contributed by atoms with Crippen LogP contribution < -0.4 is 19.7 Å². The van der Waals surface area contributed by atoms with Gasteiger partial charge in [0.05, 0.1) is 36.8 Å². The fraction of sp³-hybridized carbons (Fsp3) is 0.250. The standard InChI is InChI=1S/C28H30N6O3S2/c1-17-9-8-14-30-27(17)33-18(2)15-21(19(33)3)26-25(23-10-6-7-13-29-23)31-28(38)34(26)20-11-12-22(24(16-20)37-4)32-39(5,35)36/h6-16,25-26,32H,1-5H3,(H,31,38)/t25-,26+/m0/s1. The Morgan fingerprint density at radius 3 is 2.46 bits per heavy atom. The molecule has 1 aliphatic heterocycles. The average molecular weight is 563 g/mol. The number of nitrogens with one attached hydrogen (secondary N) is 2. The van der Waals surface area contributed by atoms with Crippen molar-refractivity contribution in [2.24, 2.45) is 0 Å². The molecular weight excluding hydrogens is 532 g/mol. The molecule has 0 spiro atoms. The van der Waals surface area contributed by atoms with Crippen molar-refractivity contribution in [2.75, 3.05) is 23.0 Å². The summed E-state index contributed by atoms with van der Waals surface area (Å²) in [4.78, 5) is 11.4. The molecule has 1 fully saturated rings. The molecule has 4 aromatic rings. The Labute approximate surface area is 233 Å². The second-order valence-corrected chi connectivity index (χ2v) is 11.7. The van der Waals surface area contributed by atoms with Crippen molar-refractivity contribution in [2.45, 2.75) is 32.9 Å². The minimum atomic E-state index is -3.49. The van der Waals surface area contributed by atoms with Crippen LogP contribution in [0, 0.1) is 20.8 Å². The molecule has 9 nitrogen and oxygen atoms in total. The predicted molar refractivity (Wildman–Crippen MR) is 157 cm³/mol. The highest BCUT2D eigenvalue weighted by atomic mass is 32.2. The summed E-state index contributed by atoms with van der Waals surface area (Å²) in [7, 11) is -1.98. The summed E-state index contributed by atoms with van der Waals surface area (Å²) in [6, 6.07) is 16.8. The maximum atomic E-state index is 11.9. The van der Waals surface area contributed by atoms with Gasteiger partial charge in [0.1, 0.15) is 11.6 Å². The first-order valence-corrected chi connectivity index (χ1v) is 14.7. The second kappa shape index (κ2) is 10.3. The number of hydrogen-bond acceptors (Lipinski definition) is 6. The van der Waals surface area contributed by atoms with Gasteiger partial charge < -0.3 is 19.5 Å². The lowest BCUT2D eigenvalue weighted by Crippen LogP contribution is -2.29. The maximum Gasteiger partial charge on any atom is 0.229 e. The number of anilines is 2.